The Morgan fingerprint density at radius 1 is 1.26 bits per heavy atom. The van der Waals surface area contributed by atoms with E-state index >= 15 is 0 Å². The maximum atomic E-state index is 10.5. The van der Waals surface area contributed by atoms with E-state index in [0.717, 1.165) is 5.56 Å². The Kier molecular flexibility index (Phi) is 6.32. The number of carboxylic acid groups (broad SMARTS) is 1. The molecule has 0 aliphatic heterocycles. The Hall–Kier alpha value is -1.06. The van der Waals surface area contributed by atoms with E-state index in [0.29, 0.717) is 19.0 Å². The number of aliphatic carboxylic acids is 1. The van der Waals surface area contributed by atoms with Gasteiger partial charge >= 0.3 is 5.97 Å². The summed E-state index contributed by atoms with van der Waals surface area (Å²) in [6.07, 6.45) is 0.145. The smallest absolute Gasteiger partial charge is 0.304 e. The van der Waals surface area contributed by atoms with Gasteiger partial charge in [-0.15, -0.1) is 11.6 Å². The third-order valence-electron chi connectivity index (χ3n) is 3.14. The van der Waals surface area contributed by atoms with Crippen LogP contribution in [0.25, 0.3) is 0 Å². The van der Waals surface area contributed by atoms with Crippen molar-refractivity contribution >= 4 is 17.6 Å². The molecule has 19 heavy (non-hydrogen) atoms. The van der Waals surface area contributed by atoms with Crippen molar-refractivity contribution in [3.63, 3.8) is 0 Å². The molecular formula is C15H22ClNO2. The molecule has 1 aromatic rings. The topological polar surface area (TPSA) is 40.5 Å². The van der Waals surface area contributed by atoms with Gasteiger partial charge in [0.25, 0.3) is 0 Å². The maximum absolute atomic E-state index is 10.5. The number of hydrogen-bond acceptors (Lipinski definition) is 2. The Bertz CT molecular complexity index is 403. The number of carboxylic acids is 1. The van der Waals surface area contributed by atoms with Crippen molar-refractivity contribution in [2.45, 2.75) is 31.6 Å². The summed E-state index contributed by atoms with van der Waals surface area (Å²) >= 11 is 6.36. The number of carbonyl (C=O) groups is 1. The molecule has 1 rings (SSSR count). The molecule has 106 valence electrons. The number of nitrogens with zero attached hydrogens (tertiary/aromatic N) is 1. The molecule has 0 bridgehead atoms. The highest BCUT2D eigenvalue weighted by Gasteiger charge is 2.12. The Balaban J connectivity index is 2.52. The Morgan fingerprint density at radius 3 is 2.26 bits per heavy atom. The second-order valence-electron chi connectivity index (χ2n) is 5.19. The molecule has 1 N–H and O–H groups in total. The van der Waals surface area contributed by atoms with Crippen molar-refractivity contribution in [2.75, 3.05) is 20.1 Å². The highest BCUT2D eigenvalue weighted by molar-refractivity contribution is 6.21. The summed E-state index contributed by atoms with van der Waals surface area (Å²) in [5.74, 6) is -0.264. The van der Waals surface area contributed by atoms with Crippen molar-refractivity contribution in [1.29, 1.82) is 0 Å². The van der Waals surface area contributed by atoms with Gasteiger partial charge in [-0.1, -0.05) is 38.1 Å². The van der Waals surface area contributed by atoms with Crippen LogP contribution in [0.15, 0.2) is 24.3 Å². The van der Waals surface area contributed by atoms with Crippen molar-refractivity contribution in [3.05, 3.63) is 35.4 Å². The molecule has 0 aliphatic carbocycles. The van der Waals surface area contributed by atoms with Gasteiger partial charge in [0.05, 0.1) is 11.8 Å². The lowest BCUT2D eigenvalue weighted by Gasteiger charge is -2.19. The number of halogens is 1. The third-order valence-corrected chi connectivity index (χ3v) is 3.53. The molecule has 1 unspecified atom stereocenters. The average molecular weight is 284 g/mol. The molecule has 0 radical (unpaired) electrons. The quantitative estimate of drug-likeness (QED) is 0.779. The molecule has 0 fully saturated rings. The SMILES string of the molecule is CC(C)c1ccc(C(Cl)CN(C)CCC(=O)O)cc1. The summed E-state index contributed by atoms with van der Waals surface area (Å²) in [4.78, 5) is 12.4. The fourth-order valence-corrected chi connectivity index (χ4v) is 2.23. The molecule has 1 atom stereocenters. The van der Waals surface area contributed by atoms with Crippen molar-refractivity contribution < 1.29 is 9.90 Å². The number of hydrogen-bond donors (Lipinski definition) is 1. The summed E-state index contributed by atoms with van der Waals surface area (Å²) in [6.45, 7) is 5.48. The van der Waals surface area contributed by atoms with Crippen LogP contribution in [-0.4, -0.2) is 36.1 Å². The van der Waals surface area contributed by atoms with Gasteiger partial charge in [-0.2, -0.15) is 0 Å². The average Bonchev–Trinajstić information content (AvgIpc) is 2.36. The molecule has 0 saturated heterocycles. The minimum Gasteiger partial charge on any atom is -0.481 e. The number of benzene rings is 1. The molecule has 0 saturated carbocycles. The minimum absolute atomic E-state index is 0.111. The summed E-state index contributed by atoms with van der Waals surface area (Å²) < 4.78 is 0. The molecular weight excluding hydrogens is 262 g/mol. The van der Waals surface area contributed by atoms with Crippen LogP contribution >= 0.6 is 11.6 Å². The van der Waals surface area contributed by atoms with Crippen LogP contribution in [0.1, 0.15) is 42.7 Å². The van der Waals surface area contributed by atoms with Crippen LogP contribution in [0, 0.1) is 0 Å². The molecule has 1 aromatic carbocycles. The third kappa shape index (κ3) is 5.62. The van der Waals surface area contributed by atoms with Crippen LogP contribution in [0.5, 0.6) is 0 Å². The van der Waals surface area contributed by atoms with Gasteiger partial charge < -0.3 is 10.0 Å². The van der Waals surface area contributed by atoms with Gasteiger partial charge in [-0.05, 0) is 24.1 Å². The van der Waals surface area contributed by atoms with Crippen LogP contribution < -0.4 is 0 Å². The number of likely N-dealkylation sites (N-methyl/N-ethyl adjacent to an activating group) is 1. The van der Waals surface area contributed by atoms with Crippen LogP contribution in [0.3, 0.4) is 0 Å². The lowest BCUT2D eigenvalue weighted by molar-refractivity contribution is -0.137. The van der Waals surface area contributed by atoms with Gasteiger partial charge in [-0.3, -0.25) is 4.79 Å². The first-order valence-corrected chi connectivity index (χ1v) is 6.98. The van der Waals surface area contributed by atoms with E-state index in [1.165, 1.54) is 5.56 Å². The van der Waals surface area contributed by atoms with Gasteiger partial charge in [0.2, 0.25) is 0 Å². The molecule has 3 nitrogen and oxygen atoms in total. The summed E-state index contributed by atoms with van der Waals surface area (Å²) in [7, 11) is 1.89. The standard InChI is InChI=1S/C15H22ClNO2/c1-11(2)12-4-6-13(7-5-12)14(16)10-17(3)9-8-15(18)19/h4-7,11,14H,8-10H2,1-3H3,(H,18,19). The van der Waals surface area contributed by atoms with E-state index in [9.17, 15) is 4.79 Å². The fourth-order valence-electron chi connectivity index (χ4n) is 1.85. The van der Waals surface area contributed by atoms with E-state index in [1.54, 1.807) is 0 Å². The molecule has 0 aromatic heterocycles. The van der Waals surface area contributed by atoms with E-state index in [1.807, 2.05) is 11.9 Å². The van der Waals surface area contributed by atoms with Crippen molar-refractivity contribution in [3.8, 4) is 0 Å². The lowest BCUT2D eigenvalue weighted by Crippen LogP contribution is -2.25. The normalized spacial score (nSPS) is 12.9. The molecule has 0 amide bonds. The molecule has 0 aliphatic rings. The van der Waals surface area contributed by atoms with Crippen LogP contribution in [-0.2, 0) is 4.79 Å². The minimum atomic E-state index is -0.778. The van der Waals surface area contributed by atoms with Gasteiger partial charge in [-0.25, -0.2) is 0 Å². The largest absolute Gasteiger partial charge is 0.481 e. The fraction of sp³-hybridized carbons (Fsp3) is 0.533. The maximum Gasteiger partial charge on any atom is 0.304 e. The monoisotopic (exact) mass is 283 g/mol. The van der Waals surface area contributed by atoms with Gasteiger partial charge in [0, 0.05) is 13.1 Å². The van der Waals surface area contributed by atoms with Gasteiger partial charge in [0.15, 0.2) is 0 Å². The zero-order valence-corrected chi connectivity index (χ0v) is 12.5. The van der Waals surface area contributed by atoms with E-state index < -0.39 is 5.97 Å². The molecule has 0 spiro atoms. The summed E-state index contributed by atoms with van der Waals surface area (Å²) in [5.41, 5.74) is 2.38. The zero-order chi connectivity index (χ0) is 14.4. The first-order valence-electron chi connectivity index (χ1n) is 6.54. The van der Waals surface area contributed by atoms with Gasteiger partial charge in [0.1, 0.15) is 0 Å². The highest BCUT2D eigenvalue weighted by Crippen LogP contribution is 2.23. The predicted octanol–water partition coefficient (Wildman–Crippen LogP) is 3.50. The second kappa shape index (κ2) is 7.51. The van der Waals surface area contributed by atoms with Crippen LogP contribution in [0.2, 0.25) is 0 Å². The highest BCUT2D eigenvalue weighted by atomic mass is 35.5. The van der Waals surface area contributed by atoms with E-state index in [2.05, 4.69) is 38.1 Å². The lowest BCUT2D eigenvalue weighted by atomic mass is 10.0. The van der Waals surface area contributed by atoms with E-state index in [-0.39, 0.29) is 11.8 Å². The van der Waals surface area contributed by atoms with Crippen LogP contribution in [0.4, 0.5) is 0 Å². The zero-order valence-electron chi connectivity index (χ0n) is 11.8. The molecule has 4 heteroatoms. The van der Waals surface area contributed by atoms with Crippen molar-refractivity contribution in [2.24, 2.45) is 0 Å². The number of rotatable bonds is 7. The van der Waals surface area contributed by atoms with E-state index in [4.69, 9.17) is 16.7 Å². The van der Waals surface area contributed by atoms with Crippen molar-refractivity contribution in [1.82, 2.24) is 4.90 Å². The summed E-state index contributed by atoms with van der Waals surface area (Å²) in [5, 5.41) is 8.53. The Labute approximate surface area is 120 Å². The Morgan fingerprint density at radius 2 is 1.79 bits per heavy atom. The number of alkyl halides is 1. The first kappa shape index (κ1) is 16.0. The predicted molar refractivity (Wildman–Crippen MR) is 78.9 cm³/mol. The molecule has 0 heterocycles. The first-order chi connectivity index (χ1) is 8.90. The summed E-state index contributed by atoms with van der Waals surface area (Å²) in [6, 6.07) is 8.31. The second-order valence-corrected chi connectivity index (χ2v) is 5.72.